The minimum Gasteiger partial charge on any atom is -0.493 e. The Morgan fingerprint density at radius 2 is 1.93 bits per heavy atom. The van der Waals surface area contributed by atoms with E-state index in [1.807, 2.05) is 6.07 Å². The summed E-state index contributed by atoms with van der Waals surface area (Å²) < 4.78 is 28.6. The van der Waals surface area contributed by atoms with E-state index in [0.29, 0.717) is 5.75 Å². The number of Topliss-reactive ketones (excluding diaryl/α,β-unsaturated/α-hetero) is 1. The van der Waals surface area contributed by atoms with E-state index in [0.717, 1.165) is 0 Å². The summed E-state index contributed by atoms with van der Waals surface area (Å²) in [6, 6.07) is 8.76. The molecule has 0 saturated carbocycles. The number of hydrogen-bond acceptors (Lipinski definition) is 2. The molecular weight excluding hydrogens is 190 g/mol. The lowest BCUT2D eigenvalue weighted by Crippen LogP contribution is -2.13. The summed E-state index contributed by atoms with van der Waals surface area (Å²) in [6.45, 7) is -0.00676. The van der Waals surface area contributed by atoms with Crippen LogP contribution >= 0.6 is 0 Å². The van der Waals surface area contributed by atoms with Crippen molar-refractivity contribution in [1.82, 2.24) is 0 Å². The fraction of sp³-hybridized carbons (Fsp3) is 0.300. The van der Waals surface area contributed by atoms with Gasteiger partial charge in [-0.25, -0.2) is 8.78 Å². The molecule has 0 saturated heterocycles. The van der Waals surface area contributed by atoms with Gasteiger partial charge >= 0.3 is 0 Å². The number of carbonyl (C=O) groups is 1. The van der Waals surface area contributed by atoms with Gasteiger partial charge in [0, 0.05) is 6.42 Å². The van der Waals surface area contributed by atoms with Gasteiger partial charge in [-0.05, 0) is 12.1 Å². The molecule has 0 aromatic heterocycles. The molecule has 1 rings (SSSR count). The Morgan fingerprint density at radius 1 is 1.29 bits per heavy atom. The van der Waals surface area contributed by atoms with Crippen LogP contribution in [0, 0.1) is 0 Å². The van der Waals surface area contributed by atoms with Gasteiger partial charge in [0.1, 0.15) is 5.75 Å². The molecule has 0 aliphatic carbocycles. The number of ether oxygens (including phenoxy) is 1. The standard InChI is InChI=1S/C10H10F2O2/c11-10(12)9(13)6-7-14-8-4-2-1-3-5-8/h1-5,10H,6-7H2. The van der Waals surface area contributed by atoms with Crippen molar-refractivity contribution in [2.24, 2.45) is 0 Å². The number of ketones is 1. The number of para-hydroxylation sites is 1. The fourth-order valence-electron chi connectivity index (χ4n) is 0.895. The smallest absolute Gasteiger partial charge is 0.296 e. The van der Waals surface area contributed by atoms with E-state index in [9.17, 15) is 13.6 Å². The second-order valence-corrected chi connectivity index (χ2v) is 2.68. The predicted molar refractivity (Wildman–Crippen MR) is 47.6 cm³/mol. The average molecular weight is 200 g/mol. The largest absolute Gasteiger partial charge is 0.493 e. The zero-order valence-electron chi connectivity index (χ0n) is 7.45. The first-order chi connectivity index (χ1) is 6.70. The third-order valence-corrected chi connectivity index (χ3v) is 1.60. The fourth-order valence-corrected chi connectivity index (χ4v) is 0.895. The van der Waals surface area contributed by atoms with Gasteiger partial charge in [0.05, 0.1) is 6.61 Å². The SMILES string of the molecule is O=C(CCOc1ccccc1)C(F)F. The molecule has 0 atom stereocenters. The van der Waals surface area contributed by atoms with E-state index in [4.69, 9.17) is 4.74 Å². The van der Waals surface area contributed by atoms with Gasteiger partial charge in [-0.15, -0.1) is 0 Å². The second kappa shape index (κ2) is 5.32. The molecule has 0 spiro atoms. The first-order valence-corrected chi connectivity index (χ1v) is 4.19. The Morgan fingerprint density at radius 3 is 2.50 bits per heavy atom. The third-order valence-electron chi connectivity index (χ3n) is 1.60. The number of rotatable bonds is 5. The minimum absolute atomic E-state index is 0.00676. The van der Waals surface area contributed by atoms with Crippen molar-refractivity contribution in [2.75, 3.05) is 6.61 Å². The lowest BCUT2D eigenvalue weighted by Gasteiger charge is -2.04. The summed E-state index contributed by atoms with van der Waals surface area (Å²) in [4.78, 5) is 10.5. The lowest BCUT2D eigenvalue weighted by molar-refractivity contribution is -0.129. The molecule has 4 heteroatoms. The zero-order valence-corrected chi connectivity index (χ0v) is 7.45. The van der Waals surface area contributed by atoms with Crippen LogP contribution in [0.2, 0.25) is 0 Å². The van der Waals surface area contributed by atoms with Crippen LogP contribution in [-0.2, 0) is 4.79 Å². The van der Waals surface area contributed by atoms with Gasteiger partial charge in [0.25, 0.3) is 6.43 Å². The van der Waals surface area contributed by atoms with E-state index in [1.54, 1.807) is 24.3 Å². The Labute approximate surface area is 80.5 Å². The van der Waals surface area contributed by atoms with Crippen molar-refractivity contribution >= 4 is 5.78 Å². The maximum atomic E-state index is 11.7. The summed E-state index contributed by atoms with van der Waals surface area (Å²) in [7, 11) is 0. The summed E-state index contributed by atoms with van der Waals surface area (Å²) in [5.41, 5.74) is 0. The molecule has 2 nitrogen and oxygen atoms in total. The minimum atomic E-state index is -2.89. The molecule has 0 amide bonds. The number of benzene rings is 1. The Balaban J connectivity index is 2.26. The average Bonchev–Trinajstić information content (AvgIpc) is 2.19. The van der Waals surface area contributed by atoms with Crippen LogP contribution in [0.4, 0.5) is 8.78 Å². The number of alkyl halides is 2. The highest BCUT2D eigenvalue weighted by molar-refractivity contribution is 5.81. The van der Waals surface area contributed by atoms with Crippen molar-refractivity contribution in [2.45, 2.75) is 12.8 Å². The molecule has 0 radical (unpaired) electrons. The Hall–Kier alpha value is -1.45. The van der Waals surface area contributed by atoms with Crippen molar-refractivity contribution < 1.29 is 18.3 Å². The maximum Gasteiger partial charge on any atom is 0.296 e. The molecule has 0 heterocycles. The van der Waals surface area contributed by atoms with Gasteiger partial charge in [-0.3, -0.25) is 4.79 Å². The molecule has 0 fully saturated rings. The van der Waals surface area contributed by atoms with Crippen molar-refractivity contribution in [3.63, 3.8) is 0 Å². The van der Waals surface area contributed by atoms with Crippen LogP contribution in [0.3, 0.4) is 0 Å². The number of carbonyl (C=O) groups excluding carboxylic acids is 1. The lowest BCUT2D eigenvalue weighted by atomic mass is 10.3. The third kappa shape index (κ3) is 3.51. The molecule has 0 unspecified atom stereocenters. The quantitative estimate of drug-likeness (QED) is 0.728. The number of halogens is 2. The van der Waals surface area contributed by atoms with Gasteiger partial charge in [-0.1, -0.05) is 18.2 Å². The van der Waals surface area contributed by atoms with Crippen LogP contribution in [0.25, 0.3) is 0 Å². The predicted octanol–water partition coefficient (Wildman–Crippen LogP) is 2.29. The maximum absolute atomic E-state index is 11.7. The molecule has 1 aromatic rings. The van der Waals surface area contributed by atoms with Crippen LogP contribution in [-0.4, -0.2) is 18.8 Å². The molecule has 76 valence electrons. The van der Waals surface area contributed by atoms with Crippen LogP contribution in [0.1, 0.15) is 6.42 Å². The topological polar surface area (TPSA) is 26.3 Å². The van der Waals surface area contributed by atoms with E-state index >= 15 is 0 Å². The molecule has 0 aliphatic heterocycles. The molecule has 0 aliphatic rings. The van der Waals surface area contributed by atoms with Crippen LogP contribution in [0.15, 0.2) is 30.3 Å². The first kappa shape index (κ1) is 10.6. The first-order valence-electron chi connectivity index (χ1n) is 4.19. The normalized spacial score (nSPS) is 10.2. The summed E-state index contributed by atoms with van der Waals surface area (Å²) in [6.07, 6.45) is -3.15. The second-order valence-electron chi connectivity index (χ2n) is 2.68. The van der Waals surface area contributed by atoms with Crippen LogP contribution < -0.4 is 4.74 Å². The van der Waals surface area contributed by atoms with Gasteiger partial charge in [-0.2, -0.15) is 0 Å². The van der Waals surface area contributed by atoms with Crippen LogP contribution in [0.5, 0.6) is 5.75 Å². The summed E-state index contributed by atoms with van der Waals surface area (Å²) in [5.74, 6) is -0.504. The zero-order chi connectivity index (χ0) is 10.4. The molecular formula is C10H10F2O2. The molecule has 0 N–H and O–H groups in total. The highest BCUT2D eigenvalue weighted by atomic mass is 19.3. The van der Waals surface area contributed by atoms with Gasteiger partial charge < -0.3 is 4.74 Å². The van der Waals surface area contributed by atoms with Crippen molar-refractivity contribution in [1.29, 1.82) is 0 Å². The summed E-state index contributed by atoms with van der Waals surface area (Å²) >= 11 is 0. The monoisotopic (exact) mass is 200 g/mol. The van der Waals surface area contributed by atoms with E-state index in [1.165, 1.54) is 0 Å². The highest BCUT2D eigenvalue weighted by Crippen LogP contribution is 2.09. The van der Waals surface area contributed by atoms with Crippen molar-refractivity contribution in [3.05, 3.63) is 30.3 Å². The van der Waals surface area contributed by atoms with Crippen molar-refractivity contribution in [3.8, 4) is 5.75 Å². The Bertz CT molecular complexity index is 285. The number of hydrogen-bond donors (Lipinski definition) is 0. The van der Waals surface area contributed by atoms with E-state index in [2.05, 4.69) is 0 Å². The Kier molecular flexibility index (Phi) is 4.04. The van der Waals surface area contributed by atoms with Gasteiger partial charge in [0.2, 0.25) is 5.78 Å². The molecule has 1 aromatic carbocycles. The molecule has 0 bridgehead atoms. The highest BCUT2D eigenvalue weighted by Gasteiger charge is 2.14. The van der Waals surface area contributed by atoms with Gasteiger partial charge in [0.15, 0.2) is 0 Å². The molecule has 14 heavy (non-hydrogen) atoms. The van der Waals surface area contributed by atoms with E-state index < -0.39 is 12.2 Å². The van der Waals surface area contributed by atoms with E-state index in [-0.39, 0.29) is 13.0 Å². The summed E-state index contributed by atoms with van der Waals surface area (Å²) in [5, 5.41) is 0.